The third-order valence-corrected chi connectivity index (χ3v) is 3.69. The van der Waals surface area contributed by atoms with Crippen molar-refractivity contribution in [1.82, 2.24) is 9.88 Å². The Morgan fingerprint density at radius 3 is 2.84 bits per heavy atom. The smallest absolute Gasteiger partial charge is 0.126 e. The van der Waals surface area contributed by atoms with Gasteiger partial charge in [0.2, 0.25) is 0 Å². The SMILES string of the molecule is CCCNc1cc(CN(CC2CC2)C(C)C)ccn1. The Balaban J connectivity index is 1.95. The van der Waals surface area contributed by atoms with Gasteiger partial charge in [0.1, 0.15) is 5.82 Å². The summed E-state index contributed by atoms with van der Waals surface area (Å²) in [5.41, 5.74) is 1.36. The van der Waals surface area contributed by atoms with Crippen LogP contribution in [0.25, 0.3) is 0 Å². The average molecular weight is 261 g/mol. The summed E-state index contributed by atoms with van der Waals surface area (Å²) >= 11 is 0. The Morgan fingerprint density at radius 1 is 1.42 bits per heavy atom. The molecule has 106 valence electrons. The van der Waals surface area contributed by atoms with Crippen LogP contribution in [0.4, 0.5) is 5.82 Å². The molecule has 1 aliphatic carbocycles. The molecule has 1 fully saturated rings. The fourth-order valence-electron chi connectivity index (χ4n) is 2.25. The van der Waals surface area contributed by atoms with Crippen LogP contribution in [0.3, 0.4) is 0 Å². The van der Waals surface area contributed by atoms with Crippen LogP contribution in [0, 0.1) is 5.92 Å². The largest absolute Gasteiger partial charge is 0.370 e. The van der Waals surface area contributed by atoms with E-state index in [0.29, 0.717) is 6.04 Å². The molecule has 1 aliphatic rings. The van der Waals surface area contributed by atoms with Gasteiger partial charge in [0.05, 0.1) is 0 Å². The van der Waals surface area contributed by atoms with Crippen LogP contribution in [-0.4, -0.2) is 29.0 Å². The normalized spacial score (nSPS) is 15.2. The van der Waals surface area contributed by atoms with Gasteiger partial charge in [0.15, 0.2) is 0 Å². The fraction of sp³-hybridized carbons (Fsp3) is 0.688. The van der Waals surface area contributed by atoms with E-state index >= 15 is 0 Å². The summed E-state index contributed by atoms with van der Waals surface area (Å²) in [7, 11) is 0. The molecule has 0 spiro atoms. The lowest BCUT2D eigenvalue weighted by molar-refractivity contribution is 0.204. The summed E-state index contributed by atoms with van der Waals surface area (Å²) < 4.78 is 0. The first-order valence-corrected chi connectivity index (χ1v) is 7.62. The van der Waals surface area contributed by atoms with Crippen molar-refractivity contribution >= 4 is 5.82 Å². The standard InChI is InChI=1S/C16H27N3/c1-4-8-17-16-10-15(7-9-18-16)12-19(13(2)3)11-14-5-6-14/h7,9-10,13-14H,4-6,8,11-12H2,1-3H3,(H,17,18). The molecule has 19 heavy (non-hydrogen) atoms. The second kappa shape index (κ2) is 6.90. The average Bonchev–Trinajstić information content (AvgIpc) is 3.20. The molecule has 3 heteroatoms. The van der Waals surface area contributed by atoms with E-state index in [1.807, 2.05) is 6.20 Å². The Hall–Kier alpha value is -1.09. The number of nitrogens with zero attached hydrogens (tertiary/aromatic N) is 2. The fourth-order valence-corrected chi connectivity index (χ4v) is 2.25. The van der Waals surface area contributed by atoms with Crippen LogP contribution in [0.15, 0.2) is 18.3 Å². The van der Waals surface area contributed by atoms with Crippen LogP contribution in [0.2, 0.25) is 0 Å². The minimum Gasteiger partial charge on any atom is -0.370 e. The molecule has 1 saturated carbocycles. The molecule has 1 aromatic rings. The molecule has 0 aliphatic heterocycles. The lowest BCUT2D eigenvalue weighted by Gasteiger charge is -2.26. The Kier molecular flexibility index (Phi) is 5.20. The first-order chi connectivity index (χ1) is 9.19. The lowest BCUT2D eigenvalue weighted by atomic mass is 10.2. The molecular formula is C16H27N3. The van der Waals surface area contributed by atoms with Crippen LogP contribution in [0.1, 0.15) is 45.6 Å². The predicted molar refractivity (Wildman–Crippen MR) is 81.3 cm³/mol. The van der Waals surface area contributed by atoms with Gasteiger partial charge in [0.25, 0.3) is 0 Å². The highest BCUT2D eigenvalue weighted by molar-refractivity contribution is 5.37. The number of nitrogens with one attached hydrogen (secondary N) is 1. The van der Waals surface area contributed by atoms with Crippen LogP contribution in [0.5, 0.6) is 0 Å². The zero-order valence-electron chi connectivity index (χ0n) is 12.5. The van der Waals surface area contributed by atoms with Gasteiger partial charge in [0, 0.05) is 31.9 Å². The van der Waals surface area contributed by atoms with E-state index in [9.17, 15) is 0 Å². The number of aromatic nitrogens is 1. The summed E-state index contributed by atoms with van der Waals surface area (Å²) in [6, 6.07) is 4.94. The van der Waals surface area contributed by atoms with Crippen LogP contribution < -0.4 is 5.32 Å². The molecule has 1 aromatic heterocycles. The molecule has 0 unspecified atom stereocenters. The number of hydrogen-bond donors (Lipinski definition) is 1. The molecule has 0 radical (unpaired) electrons. The summed E-state index contributed by atoms with van der Waals surface area (Å²) in [4.78, 5) is 6.95. The minimum atomic E-state index is 0.612. The summed E-state index contributed by atoms with van der Waals surface area (Å²) in [6.45, 7) is 10.0. The maximum absolute atomic E-state index is 4.37. The summed E-state index contributed by atoms with van der Waals surface area (Å²) in [6.07, 6.45) is 5.89. The van der Waals surface area contributed by atoms with Crippen molar-refractivity contribution in [1.29, 1.82) is 0 Å². The van der Waals surface area contributed by atoms with E-state index in [2.05, 4.69) is 48.1 Å². The highest BCUT2D eigenvalue weighted by atomic mass is 15.1. The molecule has 1 N–H and O–H groups in total. The van der Waals surface area contributed by atoms with Crippen molar-refractivity contribution in [3.8, 4) is 0 Å². The topological polar surface area (TPSA) is 28.2 Å². The third-order valence-electron chi connectivity index (χ3n) is 3.69. The van der Waals surface area contributed by atoms with E-state index in [1.165, 1.54) is 24.9 Å². The molecular weight excluding hydrogens is 234 g/mol. The van der Waals surface area contributed by atoms with E-state index in [4.69, 9.17) is 0 Å². The van der Waals surface area contributed by atoms with Gasteiger partial charge >= 0.3 is 0 Å². The van der Waals surface area contributed by atoms with Gasteiger partial charge in [-0.1, -0.05) is 6.92 Å². The van der Waals surface area contributed by atoms with Gasteiger partial charge in [-0.05, 0) is 56.7 Å². The first kappa shape index (κ1) is 14.3. The quantitative estimate of drug-likeness (QED) is 0.776. The third kappa shape index (κ3) is 4.83. The van der Waals surface area contributed by atoms with E-state index in [-0.39, 0.29) is 0 Å². The second-order valence-corrected chi connectivity index (χ2v) is 5.94. The van der Waals surface area contributed by atoms with Gasteiger partial charge < -0.3 is 5.32 Å². The highest BCUT2D eigenvalue weighted by Crippen LogP contribution is 2.30. The molecule has 1 heterocycles. The first-order valence-electron chi connectivity index (χ1n) is 7.62. The Labute approximate surface area is 117 Å². The zero-order valence-corrected chi connectivity index (χ0v) is 12.5. The van der Waals surface area contributed by atoms with Crippen molar-refractivity contribution in [3.63, 3.8) is 0 Å². The maximum atomic E-state index is 4.37. The van der Waals surface area contributed by atoms with Gasteiger partial charge in [-0.2, -0.15) is 0 Å². The van der Waals surface area contributed by atoms with Crippen LogP contribution >= 0.6 is 0 Å². The van der Waals surface area contributed by atoms with Gasteiger partial charge in [-0.25, -0.2) is 4.98 Å². The van der Waals surface area contributed by atoms with Crippen molar-refractivity contribution in [2.75, 3.05) is 18.4 Å². The van der Waals surface area contributed by atoms with E-state index in [1.54, 1.807) is 0 Å². The highest BCUT2D eigenvalue weighted by Gasteiger charge is 2.25. The predicted octanol–water partition coefficient (Wildman–Crippen LogP) is 3.52. The number of pyridine rings is 1. The van der Waals surface area contributed by atoms with Crippen molar-refractivity contribution in [2.45, 2.75) is 52.6 Å². The van der Waals surface area contributed by atoms with Gasteiger partial charge in [-0.3, -0.25) is 4.90 Å². The lowest BCUT2D eigenvalue weighted by Crippen LogP contribution is -2.32. The van der Waals surface area contributed by atoms with Crippen molar-refractivity contribution < 1.29 is 0 Å². The summed E-state index contributed by atoms with van der Waals surface area (Å²) in [5, 5.41) is 3.36. The number of hydrogen-bond acceptors (Lipinski definition) is 3. The van der Waals surface area contributed by atoms with E-state index < -0.39 is 0 Å². The minimum absolute atomic E-state index is 0.612. The Morgan fingerprint density at radius 2 is 2.21 bits per heavy atom. The van der Waals surface area contributed by atoms with Crippen molar-refractivity contribution in [2.24, 2.45) is 5.92 Å². The summed E-state index contributed by atoms with van der Waals surface area (Å²) in [5.74, 6) is 1.96. The van der Waals surface area contributed by atoms with Crippen molar-refractivity contribution in [3.05, 3.63) is 23.9 Å². The molecule has 0 atom stereocenters. The zero-order chi connectivity index (χ0) is 13.7. The molecule has 0 bridgehead atoms. The Bertz CT molecular complexity index is 385. The molecule has 0 aromatic carbocycles. The molecule has 2 rings (SSSR count). The molecule has 3 nitrogen and oxygen atoms in total. The molecule has 0 saturated heterocycles. The maximum Gasteiger partial charge on any atom is 0.126 e. The number of anilines is 1. The monoisotopic (exact) mass is 261 g/mol. The van der Waals surface area contributed by atoms with E-state index in [0.717, 1.165) is 31.2 Å². The van der Waals surface area contributed by atoms with Gasteiger partial charge in [-0.15, -0.1) is 0 Å². The van der Waals surface area contributed by atoms with Crippen LogP contribution in [-0.2, 0) is 6.54 Å². The second-order valence-electron chi connectivity index (χ2n) is 5.94. The molecule has 0 amide bonds. The number of rotatable bonds is 8.